The summed E-state index contributed by atoms with van der Waals surface area (Å²) >= 11 is 0. The van der Waals surface area contributed by atoms with Crippen molar-refractivity contribution in [1.82, 2.24) is 10.2 Å². The largest absolute Gasteiger partial charge is 0.315 e. The summed E-state index contributed by atoms with van der Waals surface area (Å²) in [7, 11) is 0. The Bertz CT molecular complexity index is 146. The Morgan fingerprint density at radius 1 is 1.31 bits per heavy atom. The molecule has 76 valence electrons. The Labute approximate surface area is 81.7 Å². The lowest BCUT2D eigenvalue weighted by atomic mass is 10.1. The highest BCUT2D eigenvalue weighted by atomic mass is 15.2. The minimum Gasteiger partial charge on any atom is -0.315 e. The van der Waals surface area contributed by atoms with Gasteiger partial charge in [-0.15, -0.1) is 0 Å². The van der Waals surface area contributed by atoms with Gasteiger partial charge in [-0.05, 0) is 38.8 Å². The standard InChI is InChI=1S/C11H22N2/c1-10(9-11-3-4-11)13-7-2-5-12-6-8-13/h10-12H,2-9H2,1H3. The lowest BCUT2D eigenvalue weighted by Crippen LogP contribution is -2.36. The van der Waals surface area contributed by atoms with E-state index in [1.165, 1.54) is 51.9 Å². The molecule has 1 saturated heterocycles. The molecule has 0 aromatic heterocycles. The normalized spacial score (nSPS) is 28.4. The first-order valence-electron chi connectivity index (χ1n) is 5.81. The molecule has 2 fully saturated rings. The van der Waals surface area contributed by atoms with E-state index in [9.17, 15) is 0 Å². The molecular weight excluding hydrogens is 160 g/mol. The molecule has 1 atom stereocenters. The van der Waals surface area contributed by atoms with E-state index >= 15 is 0 Å². The quantitative estimate of drug-likeness (QED) is 0.711. The fourth-order valence-corrected chi connectivity index (χ4v) is 2.29. The summed E-state index contributed by atoms with van der Waals surface area (Å²) in [6, 6.07) is 0.826. The van der Waals surface area contributed by atoms with Crippen molar-refractivity contribution in [2.75, 3.05) is 26.2 Å². The van der Waals surface area contributed by atoms with Crippen LogP contribution in [0.25, 0.3) is 0 Å². The van der Waals surface area contributed by atoms with E-state index in [0.717, 1.165) is 12.0 Å². The minimum absolute atomic E-state index is 0.826. The smallest absolute Gasteiger partial charge is 0.0110 e. The van der Waals surface area contributed by atoms with Crippen LogP contribution < -0.4 is 5.32 Å². The zero-order chi connectivity index (χ0) is 9.10. The summed E-state index contributed by atoms with van der Waals surface area (Å²) < 4.78 is 0. The van der Waals surface area contributed by atoms with Gasteiger partial charge in [-0.1, -0.05) is 12.8 Å². The number of rotatable bonds is 3. The second-order valence-corrected chi connectivity index (χ2v) is 4.67. The fourth-order valence-electron chi connectivity index (χ4n) is 2.29. The van der Waals surface area contributed by atoms with Crippen LogP contribution in [0.15, 0.2) is 0 Å². The van der Waals surface area contributed by atoms with Crippen molar-refractivity contribution < 1.29 is 0 Å². The number of nitrogens with zero attached hydrogens (tertiary/aromatic N) is 1. The Kier molecular flexibility index (Phi) is 3.23. The van der Waals surface area contributed by atoms with Gasteiger partial charge in [0, 0.05) is 19.1 Å². The van der Waals surface area contributed by atoms with Crippen molar-refractivity contribution in [3.8, 4) is 0 Å². The SMILES string of the molecule is CC(CC1CC1)N1CCCNCC1. The summed E-state index contributed by atoms with van der Waals surface area (Å²) in [5, 5.41) is 3.46. The highest BCUT2D eigenvalue weighted by molar-refractivity contribution is 4.80. The Morgan fingerprint density at radius 3 is 2.92 bits per heavy atom. The van der Waals surface area contributed by atoms with Crippen LogP contribution in [0.5, 0.6) is 0 Å². The van der Waals surface area contributed by atoms with Crippen molar-refractivity contribution in [2.24, 2.45) is 5.92 Å². The lowest BCUT2D eigenvalue weighted by molar-refractivity contribution is 0.207. The van der Waals surface area contributed by atoms with Crippen molar-refractivity contribution in [1.29, 1.82) is 0 Å². The molecule has 2 heteroatoms. The highest BCUT2D eigenvalue weighted by Crippen LogP contribution is 2.34. The van der Waals surface area contributed by atoms with Crippen LogP contribution in [-0.2, 0) is 0 Å². The van der Waals surface area contributed by atoms with Crippen LogP contribution in [0, 0.1) is 5.92 Å². The Morgan fingerprint density at radius 2 is 2.15 bits per heavy atom. The van der Waals surface area contributed by atoms with Crippen molar-refractivity contribution in [2.45, 2.75) is 38.6 Å². The molecule has 0 bridgehead atoms. The first kappa shape index (κ1) is 9.47. The van der Waals surface area contributed by atoms with E-state index in [0.29, 0.717) is 0 Å². The molecule has 2 aliphatic rings. The number of hydrogen-bond donors (Lipinski definition) is 1. The predicted octanol–water partition coefficient (Wildman–Crippen LogP) is 1.47. The number of nitrogens with one attached hydrogen (secondary N) is 1. The van der Waals surface area contributed by atoms with Crippen LogP contribution in [0.2, 0.25) is 0 Å². The average molecular weight is 182 g/mol. The monoisotopic (exact) mass is 182 g/mol. The van der Waals surface area contributed by atoms with Crippen LogP contribution >= 0.6 is 0 Å². The Balaban J connectivity index is 1.74. The first-order chi connectivity index (χ1) is 6.36. The first-order valence-corrected chi connectivity index (χ1v) is 5.81. The molecule has 13 heavy (non-hydrogen) atoms. The van der Waals surface area contributed by atoms with Gasteiger partial charge in [0.25, 0.3) is 0 Å². The van der Waals surface area contributed by atoms with Gasteiger partial charge >= 0.3 is 0 Å². The summed E-state index contributed by atoms with van der Waals surface area (Å²) in [5.74, 6) is 1.08. The van der Waals surface area contributed by atoms with Crippen molar-refractivity contribution >= 4 is 0 Å². The highest BCUT2D eigenvalue weighted by Gasteiger charge is 2.26. The molecule has 2 nitrogen and oxygen atoms in total. The Hall–Kier alpha value is -0.0800. The maximum atomic E-state index is 3.46. The van der Waals surface area contributed by atoms with Crippen LogP contribution in [-0.4, -0.2) is 37.1 Å². The lowest BCUT2D eigenvalue weighted by Gasteiger charge is -2.27. The third kappa shape index (κ3) is 2.96. The van der Waals surface area contributed by atoms with Crippen LogP contribution in [0.3, 0.4) is 0 Å². The topological polar surface area (TPSA) is 15.3 Å². The van der Waals surface area contributed by atoms with Crippen molar-refractivity contribution in [3.63, 3.8) is 0 Å². The molecule has 2 rings (SSSR count). The van der Waals surface area contributed by atoms with E-state index in [2.05, 4.69) is 17.1 Å². The van der Waals surface area contributed by atoms with Gasteiger partial charge < -0.3 is 5.32 Å². The zero-order valence-corrected chi connectivity index (χ0v) is 8.76. The van der Waals surface area contributed by atoms with Crippen molar-refractivity contribution in [3.05, 3.63) is 0 Å². The average Bonchev–Trinajstić information content (AvgIpc) is 2.87. The maximum Gasteiger partial charge on any atom is 0.0110 e. The predicted molar refractivity (Wildman–Crippen MR) is 55.9 cm³/mol. The van der Waals surface area contributed by atoms with Gasteiger partial charge in [0.2, 0.25) is 0 Å². The van der Waals surface area contributed by atoms with E-state index < -0.39 is 0 Å². The second-order valence-electron chi connectivity index (χ2n) is 4.67. The van der Waals surface area contributed by atoms with E-state index in [4.69, 9.17) is 0 Å². The van der Waals surface area contributed by atoms with E-state index in [1.54, 1.807) is 0 Å². The molecule has 0 aromatic carbocycles. The van der Waals surface area contributed by atoms with Crippen LogP contribution in [0.4, 0.5) is 0 Å². The van der Waals surface area contributed by atoms with E-state index in [1.807, 2.05) is 0 Å². The van der Waals surface area contributed by atoms with Gasteiger partial charge in [0.15, 0.2) is 0 Å². The van der Waals surface area contributed by atoms with Gasteiger partial charge in [-0.3, -0.25) is 4.90 Å². The molecule has 0 amide bonds. The van der Waals surface area contributed by atoms with Gasteiger partial charge in [-0.25, -0.2) is 0 Å². The summed E-state index contributed by atoms with van der Waals surface area (Å²) in [6.07, 6.45) is 5.77. The summed E-state index contributed by atoms with van der Waals surface area (Å²) in [6.45, 7) is 7.38. The van der Waals surface area contributed by atoms with Gasteiger partial charge in [-0.2, -0.15) is 0 Å². The molecule has 1 aliphatic carbocycles. The van der Waals surface area contributed by atoms with Gasteiger partial charge in [0.1, 0.15) is 0 Å². The van der Waals surface area contributed by atoms with E-state index in [-0.39, 0.29) is 0 Å². The molecule has 1 N–H and O–H groups in total. The molecule has 1 unspecified atom stereocenters. The molecule has 0 radical (unpaired) electrons. The zero-order valence-electron chi connectivity index (χ0n) is 8.76. The van der Waals surface area contributed by atoms with Crippen LogP contribution in [0.1, 0.15) is 32.6 Å². The fraction of sp³-hybridized carbons (Fsp3) is 1.00. The van der Waals surface area contributed by atoms with Gasteiger partial charge in [0.05, 0.1) is 0 Å². The number of hydrogen-bond acceptors (Lipinski definition) is 2. The summed E-state index contributed by atoms with van der Waals surface area (Å²) in [5.41, 5.74) is 0. The molecule has 0 aromatic rings. The maximum absolute atomic E-state index is 3.46. The third-order valence-electron chi connectivity index (χ3n) is 3.37. The molecule has 1 saturated carbocycles. The third-order valence-corrected chi connectivity index (χ3v) is 3.37. The molecule has 1 heterocycles. The second kappa shape index (κ2) is 4.43. The minimum atomic E-state index is 0.826. The molecular formula is C11H22N2. The molecule has 1 aliphatic heterocycles. The molecule has 0 spiro atoms. The summed E-state index contributed by atoms with van der Waals surface area (Å²) in [4.78, 5) is 2.66.